The van der Waals surface area contributed by atoms with Crippen LogP contribution < -0.4 is 0 Å². The molecule has 4 rings (SSSR count). The summed E-state index contributed by atoms with van der Waals surface area (Å²) in [7, 11) is 0. The molecule has 0 bridgehead atoms. The summed E-state index contributed by atoms with van der Waals surface area (Å²) < 4.78 is 12.9. The second-order valence-electron chi connectivity index (χ2n) is 10.0. The highest BCUT2D eigenvalue weighted by molar-refractivity contribution is 5.50. The number of hydrogen-bond acceptors (Lipinski definition) is 2. The lowest BCUT2D eigenvalue weighted by molar-refractivity contribution is -0.249. The van der Waals surface area contributed by atoms with Gasteiger partial charge in [0.1, 0.15) is 0 Å². The van der Waals surface area contributed by atoms with Crippen molar-refractivity contribution in [2.75, 3.05) is 13.2 Å². The monoisotopic (exact) mass is 378 g/mol. The van der Waals surface area contributed by atoms with Crippen LogP contribution in [0.5, 0.6) is 0 Å². The largest absolute Gasteiger partial charge is 0.342 e. The van der Waals surface area contributed by atoms with Gasteiger partial charge < -0.3 is 9.47 Å². The minimum absolute atomic E-state index is 0.163. The molecule has 2 aliphatic rings. The van der Waals surface area contributed by atoms with Crippen LogP contribution in [-0.4, -0.2) is 13.2 Å². The van der Waals surface area contributed by atoms with Gasteiger partial charge in [-0.1, -0.05) is 63.6 Å². The molecule has 1 fully saturated rings. The molecule has 0 atom stereocenters. The van der Waals surface area contributed by atoms with Crippen LogP contribution in [-0.2, 0) is 26.1 Å². The van der Waals surface area contributed by atoms with E-state index in [4.69, 9.17) is 9.47 Å². The number of aryl methyl sites for hydroxylation is 2. The second-order valence-corrected chi connectivity index (χ2v) is 10.0. The molecule has 0 saturated carbocycles. The highest BCUT2D eigenvalue weighted by atomic mass is 16.7. The maximum Gasteiger partial charge on any atom is 0.222 e. The van der Waals surface area contributed by atoms with E-state index < -0.39 is 5.79 Å². The zero-order valence-corrected chi connectivity index (χ0v) is 18.3. The van der Waals surface area contributed by atoms with Crippen molar-refractivity contribution in [2.45, 2.75) is 77.4 Å². The summed E-state index contributed by atoms with van der Waals surface area (Å²) in [6, 6.07) is 13.4. The van der Waals surface area contributed by atoms with Crippen molar-refractivity contribution in [3.63, 3.8) is 0 Å². The lowest BCUT2D eigenvalue weighted by atomic mass is 9.62. The van der Waals surface area contributed by atoms with E-state index in [1.807, 2.05) is 0 Å². The Hall–Kier alpha value is -1.64. The van der Waals surface area contributed by atoms with Crippen LogP contribution in [0, 0.1) is 13.8 Å². The van der Waals surface area contributed by atoms with Gasteiger partial charge in [0.05, 0.1) is 13.2 Å². The van der Waals surface area contributed by atoms with Crippen molar-refractivity contribution in [3.8, 4) is 0 Å². The number of ether oxygens (including phenoxy) is 2. The second kappa shape index (κ2) is 6.71. The predicted octanol–water partition coefficient (Wildman–Crippen LogP) is 6.29. The lowest BCUT2D eigenvalue weighted by Crippen LogP contribution is -2.41. The molecule has 2 aromatic carbocycles. The Morgan fingerprint density at radius 1 is 0.714 bits per heavy atom. The summed E-state index contributed by atoms with van der Waals surface area (Å²) in [5.74, 6) is -0.803. The molecule has 0 spiro atoms. The summed E-state index contributed by atoms with van der Waals surface area (Å²) in [6.45, 7) is 15.3. The summed E-state index contributed by atoms with van der Waals surface area (Å²) in [6.07, 6.45) is 3.37. The Balaban J connectivity index is 1.94. The minimum Gasteiger partial charge on any atom is -0.342 e. The van der Waals surface area contributed by atoms with E-state index in [1.165, 1.54) is 40.7 Å². The molecule has 0 radical (unpaired) electrons. The van der Waals surface area contributed by atoms with Gasteiger partial charge in [0.25, 0.3) is 0 Å². The summed E-state index contributed by atoms with van der Waals surface area (Å²) >= 11 is 0. The van der Waals surface area contributed by atoms with Crippen LogP contribution in [0.4, 0.5) is 0 Å². The summed E-state index contributed by atoms with van der Waals surface area (Å²) in [4.78, 5) is 0. The van der Waals surface area contributed by atoms with E-state index in [0.717, 1.165) is 25.2 Å². The molecule has 2 heteroatoms. The van der Waals surface area contributed by atoms with Crippen LogP contribution >= 0.6 is 0 Å². The third-order valence-corrected chi connectivity index (χ3v) is 6.88. The Kier molecular flexibility index (Phi) is 4.71. The van der Waals surface area contributed by atoms with Crippen molar-refractivity contribution in [1.82, 2.24) is 0 Å². The fourth-order valence-corrected chi connectivity index (χ4v) is 4.86. The normalized spacial score (nSPS) is 22.5. The Morgan fingerprint density at radius 2 is 1.25 bits per heavy atom. The summed E-state index contributed by atoms with van der Waals surface area (Å²) in [5.41, 5.74) is 8.07. The van der Waals surface area contributed by atoms with E-state index in [-0.39, 0.29) is 10.8 Å². The topological polar surface area (TPSA) is 18.5 Å². The van der Waals surface area contributed by atoms with Crippen molar-refractivity contribution < 1.29 is 9.47 Å². The van der Waals surface area contributed by atoms with Crippen molar-refractivity contribution in [1.29, 1.82) is 0 Å². The fourth-order valence-electron chi connectivity index (χ4n) is 4.86. The number of rotatable bonds is 2. The highest BCUT2D eigenvalue weighted by Gasteiger charge is 2.43. The molecule has 1 saturated heterocycles. The maximum absolute atomic E-state index is 6.45. The lowest BCUT2D eigenvalue weighted by Gasteiger charge is -2.44. The number of fused-ring (bicyclic) bond motifs is 1. The molecular weight excluding hydrogens is 344 g/mol. The Labute approximate surface area is 170 Å². The molecule has 150 valence electrons. The Bertz CT molecular complexity index is 868. The average molecular weight is 379 g/mol. The molecule has 2 aromatic rings. The smallest absolute Gasteiger partial charge is 0.222 e. The molecule has 1 heterocycles. The van der Waals surface area contributed by atoms with Gasteiger partial charge >= 0.3 is 0 Å². The van der Waals surface area contributed by atoms with Crippen LogP contribution in [0.1, 0.15) is 80.3 Å². The quantitative estimate of drug-likeness (QED) is 0.611. The standard InChI is InChI=1S/C26H34O2/c1-18-8-10-20(11-9-18)26(27-14-7-15-28-26)21-17-23-22(16-19(21)2)24(3,4)12-13-25(23,5)6/h8-11,16-17H,7,12-15H2,1-6H3. The van der Waals surface area contributed by atoms with Gasteiger partial charge in [0.15, 0.2) is 0 Å². The molecule has 0 N–H and O–H groups in total. The van der Waals surface area contributed by atoms with Crippen molar-refractivity contribution in [3.05, 3.63) is 69.8 Å². The van der Waals surface area contributed by atoms with Gasteiger partial charge in [-0.2, -0.15) is 0 Å². The van der Waals surface area contributed by atoms with Crippen LogP contribution in [0.2, 0.25) is 0 Å². The number of benzene rings is 2. The fraction of sp³-hybridized carbons (Fsp3) is 0.538. The predicted molar refractivity (Wildman–Crippen MR) is 115 cm³/mol. The third kappa shape index (κ3) is 3.11. The molecule has 0 aromatic heterocycles. The van der Waals surface area contributed by atoms with E-state index in [0.29, 0.717) is 0 Å². The molecule has 0 unspecified atom stereocenters. The van der Waals surface area contributed by atoms with E-state index in [2.05, 4.69) is 77.9 Å². The zero-order chi connectivity index (χ0) is 20.2. The van der Waals surface area contributed by atoms with Gasteiger partial charge in [-0.25, -0.2) is 0 Å². The van der Waals surface area contributed by atoms with Gasteiger partial charge in [-0.05, 0) is 66.7 Å². The molecule has 28 heavy (non-hydrogen) atoms. The first-order valence-electron chi connectivity index (χ1n) is 10.7. The van der Waals surface area contributed by atoms with Gasteiger partial charge in [0, 0.05) is 11.1 Å². The van der Waals surface area contributed by atoms with Gasteiger partial charge in [0.2, 0.25) is 5.79 Å². The maximum atomic E-state index is 6.45. The molecule has 0 amide bonds. The van der Waals surface area contributed by atoms with Crippen LogP contribution in [0.3, 0.4) is 0 Å². The van der Waals surface area contributed by atoms with Gasteiger partial charge in [-0.15, -0.1) is 0 Å². The first-order chi connectivity index (χ1) is 13.2. The summed E-state index contributed by atoms with van der Waals surface area (Å²) in [5, 5.41) is 0. The minimum atomic E-state index is -0.803. The van der Waals surface area contributed by atoms with Gasteiger partial charge in [-0.3, -0.25) is 0 Å². The van der Waals surface area contributed by atoms with Crippen LogP contribution in [0.15, 0.2) is 36.4 Å². The van der Waals surface area contributed by atoms with E-state index >= 15 is 0 Å². The number of hydrogen-bond donors (Lipinski definition) is 0. The van der Waals surface area contributed by atoms with Crippen LogP contribution in [0.25, 0.3) is 0 Å². The highest BCUT2D eigenvalue weighted by Crippen LogP contribution is 2.49. The molecule has 2 nitrogen and oxygen atoms in total. The Morgan fingerprint density at radius 3 is 1.82 bits per heavy atom. The first-order valence-corrected chi connectivity index (χ1v) is 10.7. The average Bonchev–Trinajstić information content (AvgIpc) is 2.66. The van der Waals surface area contributed by atoms with E-state index in [9.17, 15) is 0 Å². The molecular formula is C26H34O2. The SMILES string of the molecule is Cc1ccc(C2(c3cc4c(cc3C)C(C)(C)CCC4(C)C)OCCCO2)cc1. The van der Waals surface area contributed by atoms with Crippen molar-refractivity contribution in [2.24, 2.45) is 0 Å². The molecule has 1 aliphatic heterocycles. The first kappa shape index (κ1) is 19.7. The van der Waals surface area contributed by atoms with Crippen molar-refractivity contribution >= 4 is 0 Å². The third-order valence-electron chi connectivity index (χ3n) is 6.88. The zero-order valence-electron chi connectivity index (χ0n) is 18.3. The molecule has 1 aliphatic carbocycles. The van der Waals surface area contributed by atoms with E-state index in [1.54, 1.807) is 0 Å².